The number of hydrogen-bond donors (Lipinski definition) is 1. The van der Waals surface area contributed by atoms with Crippen molar-refractivity contribution in [2.45, 2.75) is 38.3 Å². The quantitative estimate of drug-likeness (QED) is 0.828. The highest BCUT2D eigenvalue weighted by molar-refractivity contribution is 5.23. The monoisotopic (exact) mass is 223 g/mol. The highest BCUT2D eigenvalue weighted by atomic mass is 19.1. The van der Waals surface area contributed by atoms with Crippen LogP contribution in [0.15, 0.2) is 24.3 Å². The molecule has 0 radical (unpaired) electrons. The molecule has 0 amide bonds. The average molecular weight is 223 g/mol. The van der Waals surface area contributed by atoms with E-state index in [2.05, 4.69) is 5.32 Å². The summed E-state index contributed by atoms with van der Waals surface area (Å²) in [6.07, 6.45) is 3.83. The Balaban J connectivity index is 1.77. The molecule has 1 atom stereocenters. The third-order valence-electron chi connectivity index (χ3n) is 2.96. The molecule has 1 N–H and O–H groups in total. The summed E-state index contributed by atoms with van der Waals surface area (Å²) in [6.45, 7) is 2.73. The molecule has 2 rings (SSSR count). The zero-order valence-electron chi connectivity index (χ0n) is 9.58. The van der Waals surface area contributed by atoms with Gasteiger partial charge in [0.05, 0.1) is 0 Å². The molecule has 16 heavy (non-hydrogen) atoms. The molecule has 1 saturated carbocycles. The molecule has 0 bridgehead atoms. The van der Waals surface area contributed by atoms with Crippen LogP contribution >= 0.6 is 0 Å². The van der Waals surface area contributed by atoms with Crippen molar-refractivity contribution in [1.82, 2.24) is 5.32 Å². The van der Waals surface area contributed by atoms with Crippen LogP contribution in [0, 0.1) is 5.82 Å². The second kappa shape index (κ2) is 5.30. The van der Waals surface area contributed by atoms with E-state index in [0.29, 0.717) is 11.8 Å². The first-order valence-electron chi connectivity index (χ1n) is 5.90. The molecule has 1 aromatic rings. The molecule has 0 aliphatic heterocycles. The Bertz CT molecular complexity index is 338. The van der Waals surface area contributed by atoms with Gasteiger partial charge in [0.15, 0.2) is 11.6 Å². The van der Waals surface area contributed by atoms with E-state index < -0.39 is 0 Å². The lowest BCUT2D eigenvalue weighted by molar-refractivity contribution is 0.192. The molecule has 2 nitrogen and oxygen atoms in total. The van der Waals surface area contributed by atoms with E-state index in [-0.39, 0.29) is 11.9 Å². The van der Waals surface area contributed by atoms with Gasteiger partial charge in [-0.1, -0.05) is 18.6 Å². The van der Waals surface area contributed by atoms with Crippen LogP contribution in [0.1, 0.15) is 26.2 Å². The minimum atomic E-state index is -0.294. The molecule has 1 aliphatic carbocycles. The van der Waals surface area contributed by atoms with Crippen molar-refractivity contribution in [3.8, 4) is 5.75 Å². The van der Waals surface area contributed by atoms with Gasteiger partial charge < -0.3 is 10.1 Å². The lowest BCUT2D eigenvalue weighted by Gasteiger charge is -2.28. The van der Waals surface area contributed by atoms with Gasteiger partial charge in [0.1, 0.15) is 6.10 Å². The predicted octanol–water partition coefficient (Wildman–Crippen LogP) is 2.74. The second-order valence-electron chi connectivity index (χ2n) is 4.39. The second-order valence-corrected chi connectivity index (χ2v) is 4.39. The van der Waals surface area contributed by atoms with Crippen LogP contribution in [0.4, 0.5) is 4.39 Å². The Morgan fingerprint density at radius 2 is 2.19 bits per heavy atom. The van der Waals surface area contributed by atoms with Crippen molar-refractivity contribution in [3.05, 3.63) is 30.1 Å². The Labute approximate surface area is 95.8 Å². The largest absolute Gasteiger partial charge is 0.486 e. The molecule has 1 aromatic carbocycles. The third-order valence-corrected chi connectivity index (χ3v) is 2.96. The van der Waals surface area contributed by atoms with Gasteiger partial charge in [-0.2, -0.15) is 0 Å². The maximum atomic E-state index is 13.3. The highest BCUT2D eigenvalue weighted by Gasteiger charge is 2.17. The van der Waals surface area contributed by atoms with Gasteiger partial charge in [-0.05, 0) is 31.9 Å². The van der Waals surface area contributed by atoms with Crippen LogP contribution in [-0.2, 0) is 0 Å². The fraction of sp³-hybridized carbons (Fsp3) is 0.538. The molecule has 1 unspecified atom stereocenters. The zero-order valence-corrected chi connectivity index (χ0v) is 9.58. The van der Waals surface area contributed by atoms with Crippen LogP contribution in [0.25, 0.3) is 0 Å². The first-order chi connectivity index (χ1) is 7.75. The molecule has 88 valence electrons. The topological polar surface area (TPSA) is 21.3 Å². The molecule has 0 heterocycles. The normalized spacial score (nSPS) is 17.9. The molecule has 0 spiro atoms. The van der Waals surface area contributed by atoms with Gasteiger partial charge in [-0.25, -0.2) is 4.39 Å². The number of rotatable bonds is 5. The first-order valence-corrected chi connectivity index (χ1v) is 5.90. The number of benzene rings is 1. The Kier molecular flexibility index (Phi) is 3.78. The van der Waals surface area contributed by atoms with Crippen LogP contribution in [-0.4, -0.2) is 18.7 Å². The third kappa shape index (κ3) is 2.95. The fourth-order valence-corrected chi connectivity index (χ4v) is 1.74. The standard InChI is InChI=1S/C13H18FNO/c1-10(9-15-11-5-4-6-11)16-13-8-3-2-7-12(13)14/h2-3,7-8,10-11,15H,4-6,9H2,1H3. The number of para-hydroxylation sites is 1. The predicted molar refractivity (Wildman–Crippen MR) is 62.1 cm³/mol. The van der Waals surface area contributed by atoms with Crippen LogP contribution in [0.5, 0.6) is 5.75 Å². The van der Waals surface area contributed by atoms with Gasteiger partial charge in [-0.15, -0.1) is 0 Å². The molecule has 3 heteroatoms. The van der Waals surface area contributed by atoms with E-state index in [1.54, 1.807) is 18.2 Å². The maximum Gasteiger partial charge on any atom is 0.165 e. The van der Waals surface area contributed by atoms with E-state index in [0.717, 1.165) is 6.54 Å². The summed E-state index contributed by atoms with van der Waals surface area (Å²) in [4.78, 5) is 0. The Morgan fingerprint density at radius 1 is 1.44 bits per heavy atom. The molecule has 1 aliphatic rings. The summed E-state index contributed by atoms with van der Waals surface area (Å²) >= 11 is 0. The SMILES string of the molecule is CC(CNC1CCC1)Oc1ccccc1F. The van der Waals surface area contributed by atoms with Gasteiger partial charge in [0.2, 0.25) is 0 Å². The lowest BCUT2D eigenvalue weighted by Crippen LogP contribution is -2.40. The minimum Gasteiger partial charge on any atom is -0.486 e. The summed E-state index contributed by atoms with van der Waals surface area (Å²) in [5.74, 6) is 0.0448. The lowest BCUT2D eigenvalue weighted by atomic mass is 9.93. The van der Waals surface area contributed by atoms with Crippen molar-refractivity contribution in [1.29, 1.82) is 0 Å². The Hall–Kier alpha value is -1.09. The fourth-order valence-electron chi connectivity index (χ4n) is 1.74. The van der Waals surface area contributed by atoms with Crippen molar-refractivity contribution >= 4 is 0 Å². The van der Waals surface area contributed by atoms with Gasteiger partial charge in [0.25, 0.3) is 0 Å². The number of hydrogen-bond acceptors (Lipinski definition) is 2. The summed E-state index contributed by atoms with van der Waals surface area (Å²) < 4.78 is 18.8. The van der Waals surface area contributed by atoms with Crippen molar-refractivity contribution in [2.24, 2.45) is 0 Å². The molecular formula is C13H18FNO. The summed E-state index contributed by atoms with van der Waals surface area (Å²) in [5.41, 5.74) is 0. The summed E-state index contributed by atoms with van der Waals surface area (Å²) in [7, 11) is 0. The number of ether oxygens (including phenoxy) is 1. The molecular weight excluding hydrogens is 205 g/mol. The van der Waals surface area contributed by atoms with Crippen LogP contribution in [0.2, 0.25) is 0 Å². The van der Waals surface area contributed by atoms with Gasteiger partial charge >= 0.3 is 0 Å². The van der Waals surface area contributed by atoms with E-state index in [9.17, 15) is 4.39 Å². The van der Waals surface area contributed by atoms with Gasteiger partial charge in [0, 0.05) is 12.6 Å². The average Bonchev–Trinajstić information content (AvgIpc) is 2.19. The van der Waals surface area contributed by atoms with Gasteiger partial charge in [-0.3, -0.25) is 0 Å². The van der Waals surface area contributed by atoms with E-state index in [4.69, 9.17) is 4.74 Å². The molecule has 1 fully saturated rings. The van der Waals surface area contributed by atoms with E-state index >= 15 is 0 Å². The number of nitrogens with one attached hydrogen (secondary N) is 1. The zero-order chi connectivity index (χ0) is 11.4. The molecule has 0 aromatic heterocycles. The highest BCUT2D eigenvalue weighted by Crippen LogP contribution is 2.19. The number of halogens is 1. The van der Waals surface area contributed by atoms with E-state index in [1.165, 1.54) is 25.3 Å². The summed E-state index contributed by atoms with van der Waals surface area (Å²) in [5, 5.41) is 3.41. The minimum absolute atomic E-state index is 0.00231. The smallest absolute Gasteiger partial charge is 0.165 e. The van der Waals surface area contributed by atoms with Crippen molar-refractivity contribution in [2.75, 3.05) is 6.54 Å². The van der Waals surface area contributed by atoms with Crippen molar-refractivity contribution < 1.29 is 9.13 Å². The van der Waals surface area contributed by atoms with Crippen molar-refractivity contribution in [3.63, 3.8) is 0 Å². The molecule has 0 saturated heterocycles. The van der Waals surface area contributed by atoms with E-state index in [1.807, 2.05) is 6.92 Å². The van der Waals surface area contributed by atoms with Crippen LogP contribution in [0.3, 0.4) is 0 Å². The van der Waals surface area contributed by atoms with Crippen LogP contribution < -0.4 is 10.1 Å². The first kappa shape index (κ1) is 11.4. The summed E-state index contributed by atoms with van der Waals surface area (Å²) in [6, 6.07) is 7.17. The maximum absolute atomic E-state index is 13.3. The Morgan fingerprint density at radius 3 is 2.81 bits per heavy atom.